The standard InChI is InChI=1S/C34H33FO6/c1-3-10-27-28(34(38)41-33(37)25-11-6-5-7-12-25)13-8-14-31(27)39-19-9-20-40-32-22-30(36)29(21-23(32)4-2)24-15-17-26(35)18-16-24/h5-8,11-18,21-22,36H,3-4,9-10,19-20H2,1-2H3. The molecule has 7 heteroatoms. The van der Waals surface area contributed by atoms with Crippen molar-refractivity contribution in [3.8, 4) is 28.4 Å². The van der Waals surface area contributed by atoms with Crippen molar-refractivity contribution >= 4 is 11.9 Å². The maximum absolute atomic E-state index is 13.3. The summed E-state index contributed by atoms with van der Waals surface area (Å²) in [5.74, 6) is -0.562. The zero-order valence-corrected chi connectivity index (χ0v) is 23.2. The van der Waals surface area contributed by atoms with Crippen molar-refractivity contribution in [3.05, 3.63) is 113 Å². The molecule has 0 saturated heterocycles. The maximum Gasteiger partial charge on any atom is 0.346 e. The fourth-order valence-corrected chi connectivity index (χ4v) is 4.48. The summed E-state index contributed by atoms with van der Waals surface area (Å²) in [6.07, 6.45) is 2.59. The molecule has 0 saturated carbocycles. The Morgan fingerprint density at radius 2 is 1.51 bits per heavy atom. The Morgan fingerprint density at radius 3 is 2.20 bits per heavy atom. The fraction of sp³-hybridized carbons (Fsp3) is 0.235. The van der Waals surface area contributed by atoms with Crippen LogP contribution in [0.15, 0.2) is 84.9 Å². The van der Waals surface area contributed by atoms with E-state index in [4.69, 9.17) is 14.2 Å². The number of aryl methyl sites for hydroxylation is 1. The van der Waals surface area contributed by atoms with E-state index in [1.807, 2.05) is 19.9 Å². The van der Waals surface area contributed by atoms with E-state index in [1.165, 1.54) is 12.1 Å². The van der Waals surface area contributed by atoms with Crippen LogP contribution in [0.3, 0.4) is 0 Å². The molecular formula is C34H33FO6. The SMILES string of the molecule is CCCc1c(OCCCOc2cc(O)c(-c3ccc(F)cc3)cc2CC)cccc1C(=O)OC(=O)c1ccccc1. The van der Waals surface area contributed by atoms with Crippen LogP contribution >= 0.6 is 0 Å². The smallest absolute Gasteiger partial charge is 0.346 e. The van der Waals surface area contributed by atoms with Crippen LogP contribution in [0.5, 0.6) is 17.2 Å². The number of benzene rings is 4. The third-order valence-corrected chi connectivity index (χ3v) is 6.57. The lowest BCUT2D eigenvalue weighted by Crippen LogP contribution is -2.15. The summed E-state index contributed by atoms with van der Waals surface area (Å²) in [5.41, 5.74) is 3.55. The largest absolute Gasteiger partial charge is 0.507 e. The minimum absolute atomic E-state index is 0.0544. The first kappa shape index (κ1) is 29.3. The molecule has 0 aromatic heterocycles. The van der Waals surface area contributed by atoms with Crippen molar-refractivity contribution < 1.29 is 33.3 Å². The Morgan fingerprint density at radius 1 is 0.805 bits per heavy atom. The summed E-state index contributed by atoms with van der Waals surface area (Å²) in [6, 6.07) is 22.9. The number of hydrogen-bond acceptors (Lipinski definition) is 6. The second-order valence-electron chi connectivity index (χ2n) is 9.46. The van der Waals surface area contributed by atoms with Gasteiger partial charge in [0.1, 0.15) is 23.1 Å². The van der Waals surface area contributed by atoms with Crippen LogP contribution in [0.2, 0.25) is 0 Å². The zero-order valence-electron chi connectivity index (χ0n) is 23.2. The number of carbonyl (C=O) groups is 2. The highest BCUT2D eigenvalue weighted by molar-refractivity contribution is 6.03. The second kappa shape index (κ2) is 14.1. The van der Waals surface area contributed by atoms with E-state index < -0.39 is 11.9 Å². The summed E-state index contributed by atoms with van der Waals surface area (Å²) < 4.78 is 30.4. The van der Waals surface area contributed by atoms with Crippen molar-refractivity contribution in [2.45, 2.75) is 39.5 Å². The van der Waals surface area contributed by atoms with Crippen LogP contribution in [-0.4, -0.2) is 30.3 Å². The molecule has 4 rings (SSSR count). The fourth-order valence-electron chi connectivity index (χ4n) is 4.48. The number of phenols is 1. The minimum atomic E-state index is -0.716. The van der Waals surface area contributed by atoms with Crippen LogP contribution in [-0.2, 0) is 17.6 Å². The van der Waals surface area contributed by atoms with E-state index in [-0.39, 0.29) is 11.6 Å². The Balaban J connectivity index is 1.37. The molecule has 0 radical (unpaired) electrons. The van der Waals surface area contributed by atoms with E-state index in [0.717, 1.165) is 17.5 Å². The molecule has 212 valence electrons. The Hall–Kier alpha value is -4.65. The second-order valence-corrected chi connectivity index (χ2v) is 9.46. The molecule has 41 heavy (non-hydrogen) atoms. The van der Waals surface area contributed by atoms with E-state index in [2.05, 4.69) is 0 Å². The molecule has 0 bridgehead atoms. The van der Waals surface area contributed by atoms with Crippen molar-refractivity contribution in [2.75, 3.05) is 13.2 Å². The topological polar surface area (TPSA) is 82.1 Å². The van der Waals surface area contributed by atoms with Gasteiger partial charge in [-0.25, -0.2) is 14.0 Å². The number of ether oxygens (including phenoxy) is 3. The molecule has 4 aromatic rings. The summed E-state index contributed by atoms with van der Waals surface area (Å²) in [7, 11) is 0. The molecule has 0 unspecified atom stereocenters. The summed E-state index contributed by atoms with van der Waals surface area (Å²) in [4.78, 5) is 25.3. The molecule has 6 nitrogen and oxygen atoms in total. The number of hydrogen-bond donors (Lipinski definition) is 1. The van der Waals surface area contributed by atoms with Crippen molar-refractivity contribution in [2.24, 2.45) is 0 Å². The molecule has 0 fully saturated rings. The molecule has 0 aliphatic rings. The Labute approximate surface area is 239 Å². The number of aromatic hydroxyl groups is 1. The molecule has 0 spiro atoms. The van der Waals surface area contributed by atoms with E-state index in [9.17, 15) is 19.1 Å². The average molecular weight is 557 g/mol. The van der Waals surface area contributed by atoms with Gasteiger partial charge in [0, 0.05) is 23.6 Å². The number of rotatable bonds is 12. The first-order valence-corrected chi connectivity index (χ1v) is 13.7. The molecule has 1 N–H and O–H groups in total. The molecule has 0 aliphatic heterocycles. The Kier molecular flexibility index (Phi) is 10.1. The van der Waals surface area contributed by atoms with Crippen LogP contribution in [0.1, 0.15) is 58.5 Å². The highest BCUT2D eigenvalue weighted by atomic mass is 19.1. The van der Waals surface area contributed by atoms with Gasteiger partial charge in [-0.3, -0.25) is 0 Å². The predicted molar refractivity (Wildman–Crippen MR) is 155 cm³/mol. The van der Waals surface area contributed by atoms with E-state index in [0.29, 0.717) is 66.2 Å². The quantitative estimate of drug-likeness (QED) is 0.110. The van der Waals surface area contributed by atoms with Crippen molar-refractivity contribution in [1.82, 2.24) is 0 Å². The zero-order chi connectivity index (χ0) is 29.2. The molecule has 0 heterocycles. The normalized spacial score (nSPS) is 10.7. The number of halogens is 1. The van der Waals surface area contributed by atoms with Gasteiger partial charge in [-0.15, -0.1) is 0 Å². The van der Waals surface area contributed by atoms with Gasteiger partial charge in [0.25, 0.3) is 0 Å². The molecule has 0 atom stereocenters. The van der Waals surface area contributed by atoms with E-state index in [1.54, 1.807) is 66.7 Å². The molecule has 0 amide bonds. The van der Waals surface area contributed by atoms with Crippen molar-refractivity contribution in [1.29, 1.82) is 0 Å². The maximum atomic E-state index is 13.3. The highest BCUT2D eigenvalue weighted by Crippen LogP contribution is 2.36. The third kappa shape index (κ3) is 7.51. The van der Waals surface area contributed by atoms with Gasteiger partial charge in [-0.05, 0) is 66.4 Å². The van der Waals surface area contributed by atoms with Crippen LogP contribution < -0.4 is 9.47 Å². The van der Waals surface area contributed by atoms with Gasteiger partial charge >= 0.3 is 11.9 Å². The number of carbonyl (C=O) groups excluding carboxylic acids is 2. The lowest BCUT2D eigenvalue weighted by atomic mass is 10.00. The predicted octanol–water partition coefficient (Wildman–Crippen LogP) is 7.56. The molecular weight excluding hydrogens is 523 g/mol. The van der Waals surface area contributed by atoms with Crippen molar-refractivity contribution in [3.63, 3.8) is 0 Å². The van der Waals surface area contributed by atoms with Gasteiger partial charge in [-0.1, -0.05) is 56.7 Å². The monoisotopic (exact) mass is 556 g/mol. The lowest BCUT2D eigenvalue weighted by molar-refractivity contribution is 0.0396. The van der Waals surface area contributed by atoms with Gasteiger partial charge in [-0.2, -0.15) is 0 Å². The van der Waals surface area contributed by atoms with Gasteiger partial charge < -0.3 is 19.3 Å². The van der Waals surface area contributed by atoms with Gasteiger partial charge in [0.2, 0.25) is 0 Å². The van der Waals surface area contributed by atoms with Crippen LogP contribution in [0, 0.1) is 5.82 Å². The van der Waals surface area contributed by atoms with Gasteiger partial charge in [0.15, 0.2) is 0 Å². The molecule has 0 aliphatic carbocycles. The molecule has 4 aromatic carbocycles. The minimum Gasteiger partial charge on any atom is -0.507 e. The lowest BCUT2D eigenvalue weighted by Gasteiger charge is -2.16. The highest BCUT2D eigenvalue weighted by Gasteiger charge is 2.20. The first-order chi connectivity index (χ1) is 19.9. The third-order valence-electron chi connectivity index (χ3n) is 6.57. The number of esters is 2. The summed E-state index contributed by atoms with van der Waals surface area (Å²) in [6.45, 7) is 4.67. The van der Waals surface area contributed by atoms with Crippen LogP contribution in [0.4, 0.5) is 4.39 Å². The Bertz CT molecular complexity index is 1480. The van der Waals surface area contributed by atoms with E-state index >= 15 is 0 Å². The van der Waals surface area contributed by atoms with Crippen LogP contribution in [0.25, 0.3) is 11.1 Å². The number of phenolic OH excluding ortho intramolecular Hbond substituents is 1. The van der Waals surface area contributed by atoms with Gasteiger partial charge in [0.05, 0.1) is 24.3 Å². The summed E-state index contributed by atoms with van der Waals surface area (Å²) in [5, 5.41) is 10.6. The first-order valence-electron chi connectivity index (χ1n) is 13.7. The average Bonchev–Trinajstić information content (AvgIpc) is 2.98. The summed E-state index contributed by atoms with van der Waals surface area (Å²) >= 11 is 0.